The number of hydrogen-bond acceptors (Lipinski definition) is 2. The average Bonchev–Trinajstić information content (AvgIpc) is 2.45. The van der Waals surface area contributed by atoms with Crippen molar-refractivity contribution in [1.82, 2.24) is 9.80 Å². The van der Waals surface area contributed by atoms with Gasteiger partial charge in [0.1, 0.15) is 0 Å². The summed E-state index contributed by atoms with van der Waals surface area (Å²) in [5, 5.41) is 0. The minimum absolute atomic E-state index is 0.356. The maximum atomic E-state index is 12.1. The van der Waals surface area contributed by atoms with Crippen LogP contribution in [0.4, 0.5) is 13.2 Å². The van der Waals surface area contributed by atoms with Gasteiger partial charge in [0, 0.05) is 38.6 Å². The van der Waals surface area contributed by atoms with Crippen LogP contribution in [0.5, 0.6) is 0 Å². The molecule has 1 aliphatic carbocycles. The van der Waals surface area contributed by atoms with Gasteiger partial charge in [-0.05, 0) is 12.8 Å². The van der Waals surface area contributed by atoms with Crippen molar-refractivity contribution >= 4 is 5.91 Å². The van der Waals surface area contributed by atoms with Crippen molar-refractivity contribution in [3.8, 4) is 0 Å². The molecule has 2 rings (SSSR count). The molecular weight excluding hydrogens is 269 g/mol. The molecule has 0 radical (unpaired) electrons. The molecule has 0 unspecified atom stereocenters. The lowest BCUT2D eigenvalue weighted by Gasteiger charge is -2.40. The molecule has 3 nitrogen and oxygen atoms in total. The third kappa shape index (κ3) is 4.65. The van der Waals surface area contributed by atoms with Gasteiger partial charge in [0.05, 0.1) is 6.42 Å². The van der Waals surface area contributed by atoms with Gasteiger partial charge in [0.2, 0.25) is 5.91 Å². The highest BCUT2D eigenvalue weighted by molar-refractivity contribution is 5.76. The molecule has 0 N–H and O–H groups in total. The van der Waals surface area contributed by atoms with Crippen molar-refractivity contribution in [2.75, 3.05) is 26.2 Å². The normalized spacial score (nSPS) is 23.1. The Morgan fingerprint density at radius 1 is 1.00 bits per heavy atom. The average molecular weight is 292 g/mol. The minimum Gasteiger partial charge on any atom is -0.340 e. The molecule has 0 spiro atoms. The summed E-state index contributed by atoms with van der Waals surface area (Å²) in [7, 11) is 0. The van der Waals surface area contributed by atoms with E-state index in [1.165, 1.54) is 32.1 Å². The summed E-state index contributed by atoms with van der Waals surface area (Å²) < 4.78 is 36.3. The van der Waals surface area contributed by atoms with Crippen molar-refractivity contribution in [3.05, 3.63) is 0 Å². The Balaban J connectivity index is 1.71. The molecule has 0 bridgehead atoms. The number of rotatable bonds is 3. The Kier molecular flexibility index (Phi) is 5.29. The first-order chi connectivity index (χ1) is 9.46. The van der Waals surface area contributed by atoms with Crippen molar-refractivity contribution in [2.45, 2.75) is 57.2 Å². The minimum atomic E-state index is -4.24. The van der Waals surface area contributed by atoms with E-state index in [-0.39, 0.29) is 5.91 Å². The lowest BCUT2D eigenvalue weighted by atomic mass is 9.94. The lowest BCUT2D eigenvalue weighted by molar-refractivity contribution is -0.150. The zero-order chi connectivity index (χ0) is 14.6. The van der Waals surface area contributed by atoms with Crippen LogP contribution < -0.4 is 0 Å². The smallest absolute Gasteiger partial charge is 0.340 e. The first-order valence-corrected chi connectivity index (χ1v) is 7.54. The standard InChI is InChI=1S/C14H23F3N2O/c15-14(16,17)7-6-13(20)19-10-8-18(9-11-19)12-4-2-1-3-5-12/h12H,1-11H2. The zero-order valence-corrected chi connectivity index (χ0v) is 11.8. The molecule has 0 atom stereocenters. The van der Waals surface area contributed by atoms with E-state index in [9.17, 15) is 18.0 Å². The van der Waals surface area contributed by atoms with Crippen molar-refractivity contribution in [2.24, 2.45) is 0 Å². The molecule has 1 saturated carbocycles. The van der Waals surface area contributed by atoms with Gasteiger partial charge >= 0.3 is 6.18 Å². The number of carbonyl (C=O) groups is 1. The van der Waals surface area contributed by atoms with Gasteiger partial charge in [0.25, 0.3) is 0 Å². The number of piperazine rings is 1. The van der Waals surface area contributed by atoms with Crippen LogP contribution in [0.25, 0.3) is 0 Å². The SMILES string of the molecule is O=C(CCC(F)(F)F)N1CCN(C2CCCCC2)CC1. The fraction of sp³-hybridized carbons (Fsp3) is 0.929. The summed E-state index contributed by atoms with van der Waals surface area (Å²) in [4.78, 5) is 15.7. The molecule has 0 aromatic heterocycles. The van der Waals surface area contributed by atoms with Gasteiger partial charge in [-0.3, -0.25) is 9.69 Å². The van der Waals surface area contributed by atoms with Crippen molar-refractivity contribution in [1.29, 1.82) is 0 Å². The number of nitrogens with zero attached hydrogens (tertiary/aromatic N) is 2. The molecule has 1 saturated heterocycles. The molecule has 1 aliphatic heterocycles. The monoisotopic (exact) mass is 292 g/mol. The summed E-state index contributed by atoms with van der Waals surface area (Å²) in [6.45, 7) is 2.77. The predicted molar refractivity (Wildman–Crippen MR) is 70.3 cm³/mol. The van der Waals surface area contributed by atoms with Crippen LogP contribution in [0.3, 0.4) is 0 Å². The highest BCUT2D eigenvalue weighted by Gasteiger charge is 2.31. The molecule has 2 fully saturated rings. The Hall–Kier alpha value is -0.780. The van der Waals surface area contributed by atoms with Crippen LogP contribution >= 0.6 is 0 Å². The topological polar surface area (TPSA) is 23.6 Å². The van der Waals surface area contributed by atoms with Gasteiger partial charge in [-0.2, -0.15) is 13.2 Å². The van der Waals surface area contributed by atoms with Crippen LogP contribution in [-0.2, 0) is 4.79 Å². The quantitative estimate of drug-likeness (QED) is 0.798. The predicted octanol–water partition coefficient (Wildman–Crippen LogP) is 2.81. The van der Waals surface area contributed by atoms with E-state index in [1.54, 1.807) is 4.90 Å². The molecule has 6 heteroatoms. The number of carbonyl (C=O) groups excluding carboxylic acids is 1. The Labute approximate surface area is 118 Å². The van der Waals surface area contributed by atoms with Crippen LogP contribution in [-0.4, -0.2) is 54.1 Å². The molecule has 20 heavy (non-hydrogen) atoms. The summed E-state index contributed by atoms with van der Waals surface area (Å²) in [5.41, 5.74) is 0. The summed E-state index contributed by atoms with van der Waals surface area (Å²) >= 11 is 0. The molecular formula is C14H23F3N2O. The highest BCUT2D eigenvalue weighted by Crippen LogP contribution is 2.24. The van der Waals surface area contributed by atoms with Crippen LogP contribution in [0.1, 0.15) is 44.9 Å². The third-order valence-corrected chi connectivity index (χ3v) is 4.38. The maximum Gasteiger partial charge on any atom is 0.389 e. The van der Waals surface area contributed by atoms with E-state index in [4.69, 9.17) is 0 Å². The lowest BCUT2D eigenvalue weighted by Crippen LogP contribution is -2.52. The fourth-order valence-electron chi connectivity index (χ4n) is 3.19. The number of alkyl halides is 3. The Morgan fingerprint density at radius 3 is 2.15 bits per heavy atom. The fourth-order valence-corrected chi connectivity index (χ4v) is 3.19. The van der Waals surface area contributed by atoms with Crippen LogP contribution in [0.15, 0.2) is 0 Å². The molecule has 1 heterocycles. The Bertz CT molecular complexity index is 319. The van der Waals surface area contributed by atoms with Crippen LogP contribution in [0, 0.1) is 0 Å². The third-order valence-electron chi connectivity index (χ3n) is 4.38. The second-order valence-electron chi connectivity index (χ2n) is 5.82. The van der Waals surface area contributed by atoms with E-state index in [1.807, 2.05) is 0 Å². The van der Waals surface area contributed by atoms with E-state index >= 15 is 0 Å². The zero-order valence-electron chi connectivity index (χ0n) is 11.8. The number of hydrogen-bond donors (Lipinski definition) is 0. The van der Waals surface area contributed by atoms with Crippen LogP contribution in [0.2, 0.25) is 0 Å². The Morgan fingerprint density at radius 2 is 1.60 bits per heavy atom. The number of halogens is 3. The van der Waals surface area contributed by atoms with Gasteiger partial charge < -0.3 is 4.90 Å². The highest BCUT2D eigenvalue weighted by atomic mass is 19.4. The van der Waals surface area contributed by atoms with Crippen molar-refractivity contribution < 1.29 is 18.0 Å². The van der Waals surface area contributed by atoms with Gasteiger partial charge in [-0.15, -0.1) is 0 Å². The summed E-state index contributed by atoms with van der Waals surface area (Å²) in [5.74, 6) is -0.356. The molecule has 1 amide bonds. The molecule has 116 valence electrons. The van der Waals surface area contributed by atoms with E-state index < -0.39 is 19.0 Å². The molecule has 0 aromatic carbocycles. The second kappa shape index (κ2) is 6.78. The van der Waals surface area contributed by atoms with E-state index in [0.717, 1.165) is 13.1 Å². The van der Waals surface area contributed by atoms with E-state index in [2.05, 4.69) is 4.90 Å². The largest absolute Gasteiger partial charge is 0.389 e. The maximum absolute atomic E-state index is 12.1. The van der Waals surface area contributed by atoms with Crippen molar-refractivity contribution in [3.63, 3.8) is 0 Å². The van der Waals surface area contributed by atoms with Gasteiger partial charge in [-0.1, -0.05) is 19.3 Å². The summed E-state index contributed by atoms with van der Waals surface area (Å²) in [6.07, 6.45) is 0.655. The second-order valence-corrected chi connectivity index (χ2v) is 5.82. The first kappa shape index (κ1) is 15.6. The number of amides is 1. The summed E-state index contributed by atoms with van der Waals surface area (Å²) in [6, 6.07) is 0.621. The molecule has 0 aromatic rings. The van der Waals surface area contributed by atoms with Gasteiger partial charge in [-0.25, -0.2) is 0 Å². The van der Waals surface area contributed by atoms with E-state index in [0.29, 0.717) is 19.1 Å². The molecule has 2 aliphatic rings. The van der Waals surface area contributed by atoms with Gasteiger partial charge in [0.15, 0.2) is 0 Å². The first-order valence-electron chi connectivity index (χ1n) is 7.54.